The monoisotopic (exact) mass is 562 g/mol. The average molecular weight is 563 g/mol. The molecule has 2 unspecified atom stereocenters. The average Bonchev–Trinajstić information content (AvgIpc) is 3.40. The number of carbonyl (C=O) groups is 2. The van der Waals surface area contributed by atoms with Crippen LogP contribution in [0.1, 0.15) is 47.7 Å². The molecular weight excluding hydrogens is 528 g/mol. The van der Waals surface area contributed by atoms with Crippen LogP contribution in [0.15, 0.2) is 84.3 Å². The lowest BCUT2D eigenvalue weighted by molar-refractivity contribution is -0.132. The molecule has 2 bridgehead atoms. The van der Waals surface area contributed by atoms with E-state index in [0.29, 0.717) is 42.0 Å². The van der Waals surface area contributed by atoms with E-state index in [4.69, 9.17) is 9.97 Å². The van der Waals surface area contributed by atoms with Gasteiger partial charge in [-0.2, -0.15) is 10.1 Å². The maximum absolute atomic E-state index is 14.5. The number of amides is 1. The first-order valence-electron chi connectivity index (χ1n) is 14.3. The second-order valence-corrected chi connectivity index (χ2v) is 11.4. The summed E-state index contributed by atoms with van der Waals surface area (Å²) in [5.74, 6) is 0.113. The molecule has 0 spiro atoms. The Hall–Kier alpha value is -4.79. The number of nitrogens with zero attached hydrogens (tertiary/aromatic N) is 6. The van der Waals surface area contributed by atoms with E-state index in [2.05, 4.69) is 12.0 Å². The number of carboxylic acid groups (broad SMARTS) is 1. The Morgan fingerprint density at radius 2 is 1.90 bits per heavy atom. The highest BCUT2D eigenvalue weighted by Crippen LogP contribution is 2.37. The fourth-order valence-corrected chi connectivity index (χ4v) is 6.06. The third kappa shape index (κ3) is 5.30. The molecule has 0 radical (unpaired) electrons. The van der Waals surface area contributed by atoms with Crippen LogP contribution in [0.25, 0.3) is 10.9 Å². The number of aryl methyl sites for hydroxylation is 2. The summed E-state index contributed by atoms with van der Waals surface area (Å²) >= 11 is 0. The van der Waals surface area contributed by atoms with Gasteiger partial charge in [-0.1, -0.05) is 43.3 Å². The fourth-order valence-electron chi connectivity index (χ4n) is 6.06. The molecule has 1 aliphatic carbocycles. The molecule has 2 aromatic heterocycles. The summed E-state index contributed by atoms with van der Waals surface area (Å²) in [6.07, 6.45) is 10.1. The Morgan fingerprint density at radius 1 is 1.12 bits per heavy atom. The third-order valence-corrected chi connectivity index (χ3v) is 8.39. The zero-order valence-electron chi connectivity index (χ0n) is 24.1. The minimum absolute atomic E-state index is 0.176. The van der Waals surface area contributed by atoms with Gasteiger partial charge in [0.2, 0.25) is 5.95 Å². The largest absolute Gasteiger partial charge is 0.478 e. The lowest BCUT2D eigenvalue weighted by Gasteiger charge is -2.30. The molecule has 2 aliphatic rings. The Morgan fingerprint density at radius 3 is 2.69 bits per heavy atom. The molecule has 1 amide bonds. The van der Waals surface area contributed by atoms with E-state index in [1.165, 1.54) is 0 Å². The van der Waals surface area contributed by atoms with Crippen LogP contribution in [0.4, 0.5) is 11.8 Å². The van der Waals surface area contributed by atoms with Crippen molar-refractivity contribution in [3.8, 4) is 0 Å². The van der Waals surface area contributed by atoms with Gasteiger partial charge < -0.3 is 10.0 Å². The van der Waals surface area contributed by atoms with Crippen LogP contribution in [0, 0.1) is 11.8 Å². The Balaban J connectivity index is 1.56. The quantitative estimate of drug-likeness (QED) is 0.341. The first-order chi connectivity index (χ1) is 20.3. The van der Waals surface area contributed by atoms with Crippen LogP contribution < -0.4 is 9.80 Å². The lowest BCUT2D eigenvalue weighted by Crippen LogP contribution is -2.34. The maximum Gasteiger partial charge on any atom is 0.335 e. The SMILES string of the molecule is CC1CC=C(C(=O)O)C=C2CC1CCc1ccccc1C(=O)N2c1nc(N(C)Cc2cnn(C)c2)c2ccccc2n1. The van der Waals surface area contributed by atoms with E-state index in [0.717, 1.165) is 29.4 Å². The predicted octanol–water partition coefficient (Wildman–Crippen LogP) is 5.53. The van der Waals surface area contributed by atoms with E-state index in [1.54, 1.807) is 21.7 Å². The summed E-state index contributed by atoms with van der Waals surface area (Å²) < 4.78 is 1.76. The summed E-state index contributed by atoms with van der Waals surface area (Å²) in [7, 11) is 3.84. The molecule has 2 aromatic carbocycles. The molecule has 2 atom stereocenters. The van der Waals surface area contributed by atoms with Crippen molar-refractivity contribution in [1.29, 1.82) is 0 Å². The number of aliphatic carboxylic acids is 1. The zero-order chi connectivity index (χ0) is 29.4. The zero-order valence-corrected chi connectivity index (χ0v) is 24.1. The second-order valence-electron chi connectivity index (χ2n) is 11.4. The van der Waals surface area contributed by atoms with E-state index in [-0.39, 0.29) is 29.3 Å². The Kier molecular flexibility index (Phi) is 7.33. The van der Waals surface area contributed by atoms with Crippen LogP contribution in [-0.2, 0) is 24.8 Å². The topological polar surface area (TPSA) is 104 Å². The number of para-hydroxylation sites is 1. The van der Waals surface area contributed by atoms with Crippen molar-refractivity contribution in [3.05, 3.63) is 101 Å². The van der Waals surface area contributed by atoms with Gasteiger partial charge in [-0.05, 0) is 67.4 Å². The van der Waals surface area contributed by atoms with Gasteiger partial charge in [-0.3, -0.25) is 9.48 Å². The van der Waals surface area contributed by atoms with Crippen LogP contribution in [0.5, 0.6) is 0 Å². The van der Waals surface area contributed by atoms with Crippen molar-refractivity contribution < 1.29 is 14.7 Å². The minimum atomic E-state index is -1.02. The van der Waals surface area contributed by atoms with Gasteiger partial charge in [-0.15, -0.1) is 0 Å². The standard InChI is InChI=1S/C33H34N6O3/c1-21-12-13-25(32(41)42)17-26-16-24(21)15-14-23-8-4-5-9-27(23)31(40)39(26)33-35-29-11-7-6-10-28(29)30(36-33)37(2)19-22-18-34-38(3)20-22/h4-11,13,17-18,20-21,24H,12,14-16,19H2,1-3H3,(H,41,42). The predicted molar refractivity (Wildman–Crippen MR) is 162 cm³/mol. The fraction of sp³-hybridized carbons (Fsp3) is 0.303. The lowest BCUT2D eigenvalue weighted by atomic mass is 9.81. The Labute approximate surface area is 244 Å². The molecule has 9 nitrogen and oxygen atoms in total. The highest BCUT2D eigenvalue weighted by Gasteiger charge is 2.33. The van der Waals surface area contributed by atoms with Crippen molar-refractivity contribution in [3.63, 3.8) is 0 Å². The number of hydrogen-bond acceptors (Lipinski definition) is 6. The number of hydrogen-bond donors (Lipinski definition) is 1. The number of allylic oxidation sites excluding steroid dienone is 2. The first-order valence-corrected chi connectivity index (χ1v) is 14.3. The second kappa shape index (κ2) is 11.2. The highest BCUT2D eigenvalue weighted by molar-refractivity contribution is 6.09. The summed E-state index contributed by atoms with van der Waals surface area (Å²) in [5.41, 5.74) is 4.05. The van der Waals surface area contributed by atoms with E-state index in [9.17, 15) is 14.7 Å². The summed E-state index contributed by atoms with van der Waals surface area (Å²) in [4.78, 5) is 40.3. The number of carbonyl (C=O) groups excluding carboxylic acids is 1. The van der Waals surface area contributed by atoms with Gasteiger partial charge >= 0.3 is 5.97 Å². The van der Waals surface area contributed by atoms with Crippen LogP contribution >= 0.6 is 0 Å². The summed E-state index contributed by atoms with van der Waals surface area (Å²) in [5, 5.41) is 15.2. The van der Waals surface area contributed by atoms with Crippen LogP contribution in [0.2, 0.25) is 0 Å². The molecule has 214 valence electrons. The Bertz CT molecular complexity index is 1740. The van der Waals surface area contributed by atoms with Crippen molar-refractivity contribution in [2.45, 2.75) is 39.2 Å². The molecule has 3 heterocycles. The highest BCUT2D eigenvalue weighted by atomic mass is 16.4. The number of carboxylic acids is 1. The van der Waals surface area contributed by atoms with Crippen molar-refractivity contribution in [2.75, 3.05) is 16.8 Å². The molecule has 0 fully saturated rings. The first kappa shape index (κ1) is 27.4. The number of aromatic nitrogens is 4. The van der Waals surface area contributed by atoms with E-state index in [1.807, 2.05) is 79.9 Å². The number of rotatable bonds is 5. The molecule has 0 saturated carbocycles. The molecule has 1 N–H and O–H groups in total. The van der Waals surface area contributed by atoms with Gasteiger partial charge in [0.25, 0.3) is 5.91 Å². The van der Waals surface area contributed by atoms with Gasteiger partial charge in [0.15, 0.2) is 0 Å². The number of fused-ring (bicyclic) bond motifs is 4. The third-order valence-electron chi connectivity index (χ3n) is 8.39. The normalized spacial score (nSPS) is 19.0. The van der Waals surface area contributed by atoms with E-state index >= 15 is 0 Å². The maximum atomic E-state index is 14.5. The minimum Gasteiger partial charge on any atom is -0.478 e. The molecule has 0 saturated heterocycles. The number of benzene rings is 2. The van der Waals surface area contributed by atoms with Crippen LogP contribution in [0.3, 0.4) is 0 Å². The smallest absolute Gasteiger partial charge is 0.335 e. The van der Waals surface area contributed by atoms with Gasteiger partial charge in [0.1, 0.15) is 5.82 Å². The molecule has 42 heavy (non-hydrogen) atoms. The van der Waals surface area contributed by atoms with Gasteiger partial charge in [0, 0.05) is 49.0 Å². The molecule has 6 rings (SSSR count). The molecule has 1 aliphatic heterocycles. The molecule has 9 heteroatoms. The van der Waals surface area contributed by atoms with Gasteiger partial charge in [0.05, 0.1) is 17.3 Å². The number of anilines is 2. The van der Waals surface area contributed by atoms with Crippen LogP contribution in [-0.4, -0.2) is 43.8 Å². The molecule has 4 aromatic rings. The molecular formula is C33H34N6O3. The van der Waals surface area contributed by atoms with Gasteiger partial charge in [-0.25, -0.2) is 14.7 Å². The van der Waals surface area contributed by atoms with E-state index < -0.39 is 5.97 Å². The van der Waals surface area contributed by atoms with Crippen molar-refractivity contribution in [2.24, 2.45) is 18.9 Å². The van der Waals surface area contributed by atoms with Crippen molar-refractivity contribution >= 4 is 34.5 Å². The summed E-state index contributed by atoms with van der Waals surface area (Å²) in [6.45, 7) is 2.72. The summed E-state index contributed by atoms with van der Waals surface area (Å²) in [6, 6.07) is 15.4. The van der Waals surface area contributed by atoms with Crippen molar-refractivity contribution in [1.82, 2.24) is 19.7 Å².